The zero-order chi connectivity index (χ0) is 26.0. The van der Waals surface area contributed by atoms with Crippen molar-refractivity contribution in [3.63, 3.8) is 0 Å². The molecule has 2 N–H and O–H groups in total. The van der Waals surface area contributed by atoms with E-state index in [1.54, 1.807) is 55.5 Å². The lowest BCUT2D eigenvalue weighted by Gasteiger charge is -2.27. The summed E-state index contributed by atoms with van der Waals surface area (Å²) in [6, 6.07) is 15.9. The molecule has 3 aromatic rings. The van der Waals surface area contributed by atoms with Crippen LogP contribution in [-0.4, -0.2) is 28.9 Å². The molecule has 182 valence electrons. The first-order valence-corrected chi connectivity index (χ1v) is 12.4. The number of halogens is 2. The average molecular weight is 661 g/mol. The molecule has 8 nitrogen and oxygen atoms in total. The van der Waals surface area contributed by atoms with E-state index in [4.69, 9.17) is 9.84 Å². The van der Waals surface area contributed by atoms with Gasteiger partial charge in [0.1, 0.15) is 17.9 Å². The minimum atomic E-state index is -0.994. The molecular formula is C26H18BrIN2O6. The topological polar surface area (TPSA) is 113 Å². The van der Waals surface area contributed by atoms with E-state index in [2.05, 4.69) is 43.8 Å². The van der Waals surface area contributed by atoms with Gasteiger partial charge in [-0.3, -0.25) is 14.9 Å². The van der Waals surface area contributed by atoms with E-state index in [0.717, 1.165) is 18.5 Å². The molecule has 3 aromatic carbocycles. The first kappa shape index (κ1) is 25.6. The molecule has 0 bridgehead atoms. The van der Waals surface area contributed by atoms with E-state index >= 15 is 0 Å². The van der Waals surface area contributed by atoms with Crippen molar-refractivity contribution in [1.29, 1.82) is 0 Å². The van der Waals surface area contributed by atoms with Crippen LogP contribution in [0.15, 0.2) is 70.7 Å². The van der Waals surface area contributed by atoms with Crippen LogP contribution in [0, 0.1) is 10.5 Å². The molecule has 1 aliphatic heterocycles. The van der Waals surface area contributed by atoms with Gasteiger partial charge in [-0.25, -0.2) is 14.5 Å². The monoisotopic (exact) mass is 660 g/mol. The molecule has 0 saturated carbocycles. The summed E-state index contributed by atoms with van der Waals surface area (Å²) in [6.45, 7) is 2.00. The minimum Gasteiger partial charge on any atom is -0.488 e. The molecule has 10 heteroatoms. The quantitative estimate of drug-likeness (QED) is 0.211. The van der Waals surface area contributed by atoms with Gasteiger partial charge in [-0.15, -0.1) is 0 Å². The van der Waals surface area contributed by atoms with Gasteiger partial charge in [0.2, 0.25) is 0 Å². The zero-order valence-electron chi connectivity index (χ0n) is 18.7. The second-order valence-electron chi connectivity index (χ2n) is 7.87. The third kappa shape index (κ3) is 5.49. The summed E-state index contributed by atoms with van der Waals surface area (Å²) in [6.07, 6.45) is 1.43. The molecule has 1 aliphatic rings. The highest BCUT2D eigenvalue weighted by atomic mass is 127. The predicted octanol–water partition coefficient (Wildman–Crippen LogP) is 5.31. The number of amides is 4. The maximum atomic E-state index is 13.2. The number of rotatable bonds is 6. The summed E-state index contributed by atoms with van der Waals surface area (Å²) in [7, 11) is 0. The molecule has 0 radical (unpaired) electrons. The number of carboxylic acid groups (broad SMARTS) is 1. The summed E-state index contributed by atoms with van der Waals surface area (Å²) < 4.78 is 7.38. The van der Waals surface area contributed by atoms with Gasteiger partial charge in [0.15, 0.2) is 0 Å². The number of benzene rings is 3. The van der Waals surface area contributed by atoms with E-state index in [9.17, 15) is 19.2 Å². The number of carbonyl (C=O) groups is 4. The van der Waals surface area contributed by atoms with Gasteiger partial charge in [0.05, 0.1) is 14.8 Å². The summed E-state index contributed by atoms with van der Waals surface area (Å²) in [5, 5.41) is 11.2. The number of hydrogen-bond acceptors (Lipinski definition) is 5. The van der Waals surface area contributed by atoms with Crippen molar-refractivity contribution in [1.82, 2.24) is 5.32 Å². The molecule has 4 amide bonds. The minimum absolute atomic E-state index is 0.167. The number of carbonyl (C=O) groups excluding carboxylic acids is 3. The van der Waals surface area contributed by atoms with Gasteiger partial charge in [-0.2, -0.15) is 0 Å². The van der Waals surface area contributed by atoms with Crippen LogP contribution in [0.5, 0.6) is 5.75 Å². The van der Waals surface area contributed by atoms with Crippen LogP contribution in [0.1, 0.15) is 27.0 Å². The Bertz CT molecular complexity index is 1430. The number of aromatic carboxylic acids is 1. The van der Waals surface area contributed by atoms with Crippen LogP contribution in [0.25, 0.3) is 6.08 Å². The van der Waals surface area contributed by atoms with E-state index in [1.165, 1.54) is 18.2 Å². The molecular weight excluding hydrogens is 643 g/mol. The van der Waals surface area contributed by atoms with Gasteiger partial charge < -0.3 is 9.84 Å². The number of carboxylic acids is 1. The summed E-state index contributed by atoms with van der Waals surface area (Å²) in [4.78, 5) is 50.1. The van der Waals surface area contributed by atoms with Crippen molar-refractivity contribution in [3.8, 4) is 5.75 Å². The summed E-state index contributed by atoms with van der Waals surface area (Å²) in [5.41, 5.74) is 2.49. The fourth-order valence-electron chi connectivity index (χ4n) is 3.54. The highest BCUT2D eigenvalue weighted by Gasteiger charge is 2.37. The Labute approximate surface area is 228 Å². The first-order chi connectivity index (χ1) is 17.1. The smallest absolute Gasteiger partial charge is 0.335 e. The fraction of sp³-hybridized carbons (Fsp3) is 0.0769. The van der Waals surface area contributed by atoms with Crippen molar-refractivity contribution in [3.05, 3.63) is 96.5 Å². The Morgan fingerprint density at radius 3 is 2.44 bits per heavy atom. The lowest BCUT2D eigenvalue weighted by Crippen LogP contribution is -2.54. The number of nitrogens with one attached hydrogen (secondary N) is 1. The van der Waals surface area contributed by atoms with Crippen molar-refractivity contribution >= 4 is 74.1 Å². The summed E-state index contributed by atoms with van der Waals surface area (Å²) in [5.74, 6) is -1.89. The highest BCUT2D eigenvalue weighted by molar-refractivity contribution is 14.1. The second-order valence-corrected chi connectivity index (χ2v) is 9.95. The molecule has 0 atom stereocenters. The number of imide groups is 2. The van der Waals surface area contributed by atoms with Crippen LogP contribution in [0.4, 0.5) is 10.5 Å². The zero-order valence-corrected chi connectivity index (χ0v) is 22.5. The molecule has 4 rings (SSSR count). The standard InChI is InChI=1S/C26H18BrIN2O6/c1-14-10-18(27)7-8-21(14)30-24(32)19(23(31)29-26(30)35)11-16-4-9-22(20(28)12-16)36-13-15-2-5-17(6-3-15)25(33)34/h2-12H,13H2,1H3,(H,33,34)(H,29,31,35)/b19-11+. The van der Waals surface area contributed by atoms with E-state index in [-0.39, 0.29) is 17.7 Å². The number of nitrogens with zero attached hydrogens (tertiary/aromatic N) is 1. The molecule has 1 heterocycles. The van der Waals surface area contributed by atoms with Crippen LogP contribution < -0.4 is 15.0 Å². The molecule has 0 aromatic heterocycles. The predicted molar refractivity (Wildman–Crippen MR) is 145 cm³/mol. The van der Waals surface area contributed by atoms with Crippen molar-refractivity contribution in [2.24, 2.45) is 0 Å². The maximum Gasteiger partial charge on any atom is 0.335 e. The number of urea groups is 1. The summed E-state index contributed by atoms with van der Waals surface area (Å²) >= 11 is 5.44. The van der Waals surface area contributed by atoms with E-state index in [1.807, 2.05) is 0 Å². The van der Waals surface area contributed by atoms with E-state index in [0.29, 0.717) is 22.6 Å². The Morgan fingerprint density at radius 2 is 1.81 bits per heavy atom. The lowest BCUT2D eigenvalue weighted by molar-refractivity contribution is -0.122. The third-order valence-electron chi connectivity index (χ3n) is 5.36. The molecule has 0 spiro atoms. The lowest BCUT2D eigenvalue weighted by atomic mass is 10.1. The van der Waals surface area contributed by atoms with Gasteiger partial charge in [0.25, 0.3) is 11.8 Å². The number of aryl methyl sites for hydroxylation is 1. The Balaban J connectivity index is 1.54. The van der Waals surface area contributed by atoms with Crippen molar-refractivity contribution < 1.29 is 29.0 Å². The molecule has 0 aliphatic carbocycles. The Morgan fingerprint density at radius 1 is 1.08 bits per heavy atom. The van der Waals surface area contributed by atoms with Gasteiger partial charge in [-0.1, -0.05) is 34.1 Å². The molecule has 1 saturated heterocycles. The second kappa shape index (κ2) is 10.6. The Hall–Kier alpha value is -3.51. The van der Waals surface area contributed by atoms with Crippen LogP contribution in [0.2, 0.25) is 0 Å². The van der Waals surface area contributed by atoms with Gasteiger partial charge in [0, 0.05) is 4.47 Å². The maximum absolute atomic E-state index is 13.2. The third-order valence-corrected chi connectivity index (χ3v) is 6.70. The highest BCUT2D eigenvalue weighted by Crippen LogP contribution is 2.29. The van der Waals surface area contributed by atoms with Crippen LogP contribution in [0.3, 0.4) is 0 Å². The van der Waals surface area contributed by atoms with Gasteiger partial charge >= 0.3 is 12.0 Å². The van der Waals surface area contributed by atoms with Crippen molar-refractivity contribution in [2.75, 3.05) is 4.90 Å². The average Bonchev–Trinajstić information content (AvgIpc) is 2.82. The normalized spacial score (nSPS) is 14.7. The molecule has 36 heavy (non-hydrogen) atoms. The van der Waals surface area contributed by atoms with Crippen LogP contribution >= 0.6 is 38.5 Å². The number of ether oxygens (including phenoxy) is 1. The van der Waals surface area contributed by atoms with Crippen LogP contribution in [-0.2, 0) is 16.2 Å². The fourth-order valence-corrected chi connectivity index (χ4v) is 4.71. The largest absolute Gasteiger partial charge is 0.488 e. The number of hydrogen-bond donors (Lipinski definition) is 2. The molecule has 1 fully saturated rings. The van der Waals surface area contributed by atoms with Gasteiger partial charge in [-0.05, 0) is 94.7 Å². The number of anilines is 1. The number of barbiturate groups is 1. The SMILES string of the molecule is Cc1cc(Br)ccc1N1C(=O)NC(=O)/C(=C\c2ccc(OCc3ccc(C(=O)O)cc3)c(I)c2)C1=O. The first-order valence-electron chi connectivity index (χ1n) is 10.6. The Kier molecular flexibility index (Phi) is 7.55. The van der Waals surface area contributed by atoms with Crippen molar-refractivity contribution in [2.45, 2.75) is 13.5 Å². The van der Waals surface area contributed by atoms with E-state index < -0.39 is 23.8 Å². The molecule has 0 unspecified atom stereocenters.